The molecule has 0 radical (unpaired) electrons. The first-order chi connectivity index (χ1) is 14.6. The molecule has 0 aliphatic heterocycles. The van der Waals surface area contributed by atoms with Crippen LogP contribution in [0.2, 0.25) is 0 Å². The molecule has 0 spiro atoms. The molecular weight excluding hydrogens is 488 g/mol. The molecule has 0 amide bonds. The zero-order valence-electron chi connectivity index (χ0n) is 17.6. The summed E-state index contributed by atoms with van der Waals surface area (Å²) in [6.45, 7) is 0. The summed E-state index contributed by atoms with van der Waals surface area (Å²) in [6, 6.07) is 35.4. The van der Waals surface area contributed by atoms with E-state index in [1.165, 1.54) is 0 Å². The van der Waals surface area contributed by atoms with Gasteiger partial charge in [0.1, 0.15) is 0 Å². The summed E-state index contributed by atoms with van der Waals surface area (Å²) in [6.07, 6.45) is 1.73. The van der Waals surface area contributed by atoms with E-state index in [4.69, 9.17) is 10.2 Å². The predicted octanol–water partition coefficient (Wildman–Crippen LogP) is 5.65. The second-order valence-corrected chi connectivity index (χ2v) is 6.30. The molecule has 0 aliphatic carbocycles. The second kappa shape index (κ2) is 21.6. The molecule has 4 aromatic rings. The molecule has 0 fully saturated rings. The van der Waals surface area contributed by atoms with E-state index < -0.39 is 11.9 Å². The molecule has 2 N–H and O–H groups in total. The molecule has 32 heavy (non-hydrogen) atoms. The smallest absolute Gasteiger partial charge is 0.481 e. The Morgan fingerprint density at radius 2 is 0.844 bits per heavy atom. The predicted molar refractivity (Wildman–Crippen MR) is 120 cm³/mol. The van der Waals surface area contributed by atoms with E-state index in [2.05, 4.69) is 0 Å². The van der Waals surface area contributed by atoms with Crippen LogP contribution in [0.4, 0.5) is 0 Å². The molecule has 0 aliphatic rings. The van der Waals surface area contributed by atoms with E-state index in [1.807, 2.05) is 109 Å². The summed E-state index contributed by atoms with van der Waals surface area (Å²) in [7, 11) is 0. The Kier molecular flexibility index (Phi) is 21.3. The Labute approximate surface area is 211 Å². The Morgan fingerprint density at radius 1 is 0.562 bits per heavy atom. The van der Waals surface area contributed by atoms with Crippen LogP contribution in [-0.4, -0.2) is 22.2 Å². The molecule has 172 valence electrons. The topological polar surface area (TPSA) is 74.6 Å². The van der Waals surface area contributed by atoms with Gasteiger partial charge in [-0.3, -0.25) is 9.59 Å². The quantitative estimate of drug-likeness (QED) is 0.257. The van der Waals surface area contributed by atoms with Crippen LogP contribution in [0.25, 0.3) is 0 Å². The van der Waals surface area contributed by atoms with Crippen molar-refractivity contribution >= 4 is 11.9 Å². The molecule has 4 rings (SSSR count). The maximum absolute atomic E-state index is 10.1. The standard InChI is InChI=1S/2C8H9O2.2C5H5.2Fe/c2*9-8(10)6-5-7-3-1-2-4-7;2*1-2-4-5-3-1;;/h2*1-4H,5-6H2,(H,9,10);2*1-5H;;/q4*-1;2*+2. The molecular formula is C26H28Fe2O4. The van der Waals surface area contributed by atoms with Gasteiger partial charge >= 0.3 is 46.1 Å². The van der Waals surface area contributed by atoms with Crippen molar-refractivity contribution in [2.24, 2.45) is 0 Å². The third-order valence-electron chi connectivity index (χ3n) is 3.83. The third kappa shape index (κ3) is 19.3. The number of hydrogen-bond donors (Lipinski definition) is 2. The zero-order valence-corrected chi connectivity index (χ0v) is 19.8. The summed E-state index contributed by atoms with van der Waals surface area (Å²) in [5.41, 5.74) is 2.20. The van der Waals surface area contributed by atoms with Crippen LogP contribution >= 0.6 is 0 Å². The van der Waals surface area contributed by atoms with E-state index in [0.717, 1.165) is 11.1 Å². The molecule has 0 aromatic heterocycles. The summed E-state index contributed by atoms with van der Waals surface area (Å²) in [5, 5.41) is 16.6. The van der Waals surface area contributed by atoms with E-state index >= 15 is 0 Å². The van der Waals surface area contributed by atoms with Gasteiger partial charge in [-0.1, -0.05) is 12.8 Å². The summed E-state index contributed by atoms with van der Waals surface area (Å²) < 4.78 is 0. The Balaban J connectivity index is 0. The summed E-state index contributed by atoms with van der Waals surface area (Å²) >= 11 is 0. The van der Waals surface area contributed by atoms with Gasteiger partial charge in [-0.15, -0.1) is 0 Å². The van der Waals surface area contributed by atoms with Gasteiger partial charge in [-0.2, -0.15) is 71.8 Å². The van der Waals surface area contributed by atoms with E-state index in [0.29, 0.717) is 12.8 Å². The molecule has 0 bridgehead atoms. The normalized spacial score (nSPS) is 8.50. The summed E-state index contributed by atoms with van der Waals surface area (Å²) in [5.74, 6) is -1.47. The molecule has 0 saturated heterocycles. The summed E-state index contributed by atoms with van der Waals surface area (Å²) in [4.78, 5) is 20.2. The van der Waals surface area contributed by atoms with Crippen LogP contribution in [0.1, 0.15) is 24.0 Å². The van der Waals surface area contributed by atoms with E-state index in [1.54, 1.807) is 0 Å². The SMILES string of the molecule is O=C(O)CC[c-]1cccc1.O=C(O)CC[c-]1cccc1.[Fe+2].[Fe+2].c1cc[cH-]c1.c1cc[cH-]c1. The fourth-order valence-electron chi connectivity index (χ4n) is 2.31. The van der Waals surface area contributed by atoms with Crippen LogP contribution in [0.15, 0.2) is 109 Å². The molecule has 6 heteroatoms. The fraction of sp³-hybridized carbons (Fsp3) is 0.154. The van der Waals surface area contributed by atoms with Crippen LogP contribution in [0.3, 0.4) is 0 Å². The van der Waals surface area contributed by atoms with Gasteiger partial charge in [-0.25, -0.2) is 48.5 Å². The Morgan fingerprint density at radius 3 is 1.03 bits per heavy atom. The van der Waals surface area contributed by atoms with Crippen molar-refractivity contribution in [3.63, 3.8) is 0 Å². The maximum Gasteiger partial charge on any atom is 2.00 e. The van der Waals surface area contributed by atoms with E-state index in [9.17, 15) is 9.59 Å². The average Bonchev–Trinajstić information content (AvgIpc) is 3.57. The number of aliphatic carboxylic acids is 2. The monoisotopic (exact) mass is 516 g/mol. The minimum Gasteiger partial charge on any atom is -0.481 e. The largest absolute Gasteiger partial charge is 2.00 e. The Bertz CT molecular complexity index is 738. The molecule has 0 atom stereocenters. The van der Waals surface area contributed by atoms with Crippen LogP contribution < -0.4 is 0 Å². The van der Waals surface area contributed by atoms with Crippen LogP contribution in [0.5, 0.6) is 0 Å². The minimum atomic E-state index is -0.735. The third-order valence-corrected chi connectivity index (χ3v) is 3.83. The first-order valence-corrected chi connectivity index (χ1v) is 9.76. The minimum absolute atomic E-state index is 0. The number of rotatable bonds is 6. The first kappa shape index (κ1) is 31.6. The zero-order chi connectivity index (χ0) is 21.9. The number of aryl methyl sites for hydroxylation is 2. The maximum atomic E-state index is 10.1. The average molecular weight is 516 g/mol. The van der Waals surface area contributed by atoms with Crippen molar-refractivity contribution < 1.29 is 53.9 Å². The molecule has 4 aromatic carbocycles. The molecule has 0 saturated carbocycles. The first-order valence-electron chi connectivity index (χ1n) is 9.76. The number of carboxylic acid groups (broad SMARTS) is 2. The van der Waals surface area contributed by atoms with Crippen molar-refractivity contribution in [1.29, 1.82) is 0 Å². The van der Waals surface area contributed by atoms with Crippen molar-refractivity contribution in [1.82, 2.24) is 0 Å². The van der Waals surface area contributed by atoms with Crippen LogP contribution in [-0.2, 0) is 56.6 Å². The van der Waals surface area contributed by atoms with Crippen molar-refractivity contribution in [3.05, 3.63) is 120 Å². The Hall–Kier alpha value is -2.62. The fourth-order valence-corrected chi connectivity index (χ4v) is 2.31. The number of carboxylic acids is 2. The van der Waals surface area contributed by atoms with Gasteiger partial charge < -0.3 is 10.2 Å². The second-order valence-electron chi connectivity index (χ2n) is 6.30. The van der Waals surface area contributed by atoms with Crippen LogP contribution in [0, 0.1) is 0 Å². The molecule has 0 heterocycles. The van der Waals surface area contributed by atoms with Gasteiger partial charge in [0.05, 0.1) is 0 Å². The van der Waals surface area contributed by atoms with Crippen molar-refractivity contribution in [2.45, 2.75) is 25.7 Å². The van der Waals surface area contributed by atoms with Gasteiger partial charge in [0.25, 0.3) is 0 Å². The molecule has 0 unspecified atom stereocenters. The van der Waals surface area contributed by atoms with Crippen molar-refractivity contribution in [2.75, 3.05) is 0 Å². The van der Waals surface area contributed by atoms with E-state index in [-0.39, 0.29) is 47.0 Å². The van der Waals surface area contributed by atoms with Gasteiger partial charge in [0, 0.05) is 12.8 Å². The molecule has 4 nitrogen and oxygen atoms in total. The number of carbonyl (C=O) groups is 2. The number of hydrogen-bond acceptors (Lipinski definition) is 2. The van der Waals surface area contributed by atoms with Gasteiger partial charge in [0.2, 0.25) is 0 Å². The van der Waals surface area contributed by atoms with Gasteiger partial charge in [0.15, 0.2) is 0 Å². The van der Waals surface area contributed by atoms with Gasteiger partial charge in [-0.05, 0) is 0 Å². The van der Waals surface area contributed by atoms with Crippen molar-refractivity contribution in [3.8, 4) is 0 Å².